The van der Waals surface area contributed by atoms with Crippen LogP contribution in [-0.4, -0.2) is 55.5 Å². The van der Waals surface area contributed by atoms with Gasteiger partial charge in [0.25, 0.3) is 5.91 Å². The molecule has 0 bridgehead atoms. The molecule has 1 aliphatic carbocycles. The summed E-state index contributed by atoms with van der Waals surface area (Å²) in [5, 5.41) is 35.0. The summed E-state index contributed by atoms with van der Waals surface area (Å²) in [4.78, 5) is 38.4. The van der Waals surface area contributed by atoms with Gasteiger partial charge in [-0.2, -0.15) is 0 Å². The average molecular weight is 667 g/mol. The lowest BCUT2D eigenvalue weighted by atomic mass is 9.90. The number of unbranched alkanes of at least 4 members (excludes halogenated alkanes) is 1. The Morgan fingerprint density at radius 3 is 2.35 bits per heavy atom. The van der Waals surface area contributed by atoms with Crippen LogP contribution in [0.3, 0.4) is 0 Å². The second kappa shape index (κ2) is 14.9. The van der Waals surface area contributed by atoms with Crippen molar-refractivity contribution in [3.63, 3.8) is 0 Å². The Balaban J connectivity index is 1.45. The van der Waals surface area contributed by atoms with E-state index in [4.69, 9.17) is 22.4 Å². The standard InChI is InChI=1S/C36H34N4O7S/c1-2-33(43)40(46)16-4-3-15-39(21-23-7-5-22(20-37)6-8-23)36(48)38-24-9-12-27(30(17-24)35(44)45)34-28-13-10-25(41)18-31(28)47-32-19-26(42)11-14-29(32)34/h2,5-14,17-19,41,46H,1,3-4,15-16,20-21,37H2,(H,38,48)(H,44,45). The molecule has 3 aromatic rings. The SMILES string of the molecule is C=CC(=O)N(O)CCCCN(Cc1ccc(CN)cc1)C(=S)Nc1ccc(-c2c3ccc(=O)cc-3oc3cc(O)ccc23)c(C(=O)O)c1. The summed E-state index contributed by atoms with van der Waals surface area (Å²) in [5.41, 5.74) is 9.61. The lowest BCUT2D eigenvalue weighted by molar-refractivity contribution is -0.159. The molecule has 0 fully saturated rings. The van der Waals surface area contributed by atoms with Crippen molar-refractivity contribution in [2.24, 2.45) is 5.73 Å². The van der Waals surface area contributed by atoms with Gasteiger partial charge in [-0.15, -0.1) is 0 Å². The summed E-state index contributed by atoms with van der Waals surface area (Å²) < 4.78 is 5.92. The summed E-state index contributed by atoms with van der Waals surface area (Å²) in [7, 11) is 0. The van der Waals surface area contributed by atoms with Crippen LogP contribution in [-0.2, 0) is 17.9 Å². The van der Waals surface area contributed by atoms with Crippen molar-refractivity contribution >= 4 is 45.9 Å². The number of hydrogen-bond acceptors (Lipinski definition) is 8. The number of nitrogens with zero attached hydrogens (tertiary/aromatic N) is 2. The van der Waals surface area contributed by atoms with Gasteiger partial charge < -0.3 is 30.6 Å². The Morgan fingerprint density at radius 1 is 0.938 bits per heavy atom. The van der Waals surface area contributed by atoms with Crippen LogP contribution >= 0.6 is 12.2 Å². The van der Waals surface area contributed by atoms with Gasteiger partial charge in [-0.05, 0) is 84.2 Å². The quantitative estimate of drug-likeness (QED) is 0.0272. The Labute approximate surface area is 281 Å². The largest absolute Gasteiger partial charge is 0.508 e. The highest BCUT2D eigenvalue weighted by atomic mass is 32.1. The van der Waals surface area contributed by atoms with Gasteiger partial charge >= 0.3 is 5.97 Å². The van der Waals surface area contributed by atoms with E-state index in [1.54, 1.807) is 24.3 Å². The summed E-state index contributed by atoms with van der Waals surface area (Å²) in [6.07, 6.45) is 2.12. The summed E-state index contributed by atoms with van der Waals surface area (Å²) in [6, 6.07) is 21.5. The number of benzene rings is 4. The molecule has 1 amide bonds. The number of anilines is 1. The van der Waals surface area contributed by atoms with Crippen molar-refractivity contribution in [1.82, 2.24) is 9.96 Å². The van der Waals surface area contributed by atoms with Gasteiger partial charge in [0, 0.05) is 60.5 Å². The number of aromatic hydroxyl groups is 1. The minimum atomic E-state index is -1.18. The fourth-order valence-electron chi connectivity index (χ4n) is 5.40. The lowest BCUT2D eigenvalue weighted by Gasteiger charge is -2.27. The third-order valence-corrected chi connectivity index (χ3v) is 8.20. The number of carbonyl (C=O) groups is 2. The van der Waals surface area contributed by atoms with E-state index >= 15 is 0 Å². The van der Waals surface area contributed by atoms with E-state index in [9.17, 15) is 29.8 Å². The first kappa shape index (κ1) is 33.8. The van der Waals surface area contributed by atoms with Crippen LogP contribution < -0.4 is 16.5 Å². The maximum absolute atomic E-state index is 12.7. The van der Waals surface area contributed by atoms with Crippen LogP contribution in [0.15, 0.2) is 101 Å². The molecule has 0 atom stereocenters. The third kappa shape index (κ3) is 7.69. The fourth-order valence-corrected chi connectivity index (χ4v) is 5.68. The number of nitrogens with one attached hydrogen (secondary N) is 1. The van der Waals surface area contributed by atoms with Crippen LogP contribution in [0.5, 0.6) is 5.75 Å². The number of nitrogens with two attached hydrogens (primary N) is 1. The Bertz CT molecular complexity index is 2030. The van der Waals surface area contributed by atoms with Crippen molar-refractivity contribution in [3.05, 3.63) is 118 Å². The molecule has 0 saturated carbocycles. The van der Waals surface area contributed by atoms with Gasteiger partial charge in [0.05, 0.1) is 5.56 Å². The van der Waals surface area contributed by atoms with E-state index in [1.807, 2.05) is 29.2 Å². The molecule has 6 N–H and O–H groups in total. The zero-order valence-corrected chi connectivity index (χ0v) is 26.7. The molecular weight excluding hydrogens is 632 g/mol. The highest BCUT2D eigenvalue weighted by Crippen LogP contribution is 2.42. The van der Waals surface area contributed by atoms with Crippen molar-refractivity contribution < 1.29 is 29.4 Å². The molecule has 0 radical (unpaired) electrons. The predicted octanol–water partition coefficient (Wildman–Crippen LogP) is 5.81. The summed E-state index contributed by atoms with van der Waals surface area (Å²) in [6.45, 7) is 4.83. The minimum absolute atomic E-state index is 0.0188. The molecule has 11 nitrogen and oxygen atoms in total. The van der Waals surface area contributed by atoms with Crippen LogP contribution in [0.2, 0.25) is 0 Å². The predicted molar refractivity (Wildman–Crippen MR) is 187 cm³/mol. The molecule has 12 heteroatoms. The number of carboxylic acid groups (broad SMARTS) is 1. The number of thiocarbonyl (C=S) groups is 1. The van der Waals surface area contributed by atoms with Gasteiger partial charge in [0.1, 0.15) is 17.1 Å². The first-order valence-corrected chi connectivity index (χ1v) is 15.5. The van der Waals surface area contributed by atoms with E-state index in [2.05, 4.69) is 11.9 Å². The summed E-state index contributed by atoms with van der Waals surface area (Å²) in [5.74, 6) is -1.55. The first-order chi connectivity index (χ1) is 23.1. The lowest BCUT2D eigenvalue weighted by Crippen LogP contribution is -2.35. The van der Waals surface area contributed by atoms with Crippen LogP contribution in [0.4, 0.5) is 5.69 Å². The number of hydrogen-bond donors (Lipinski definition) is 5. The van der Waals surface area contributed by atoms with E-state index in [1.165, 1.54) is 30.3 Å². The first-order valence-electron chi connectivity index (χ1n) is 15.1. The number of rotatable bonds is 12. The number of carboxylic acids is 1. The molecule has 0 unspecified atom stereocenters. The van der Waals surface area contributed by atoms with Crippen molar-refractivity contribution in [1.29, 1.82) is 0 Å². The number of carbonyl (C=O) groups excluding carboxylic acids is 1. The Hall–Kier alpha value is -5.56. The molecule has 5 rings (SSSR count). The minimum Gasteiger partial charge on any atom is -0.508 e. The topological polar surface area (TPSA) is 170 Å². The number of aromatic carboxylic acids is 1. The molecule has 1 heterocycles. The Morgan fingerprint density at radius 2 is 1.65 bits per heavy atom. The monoisotopic (exact) mass is 666 g/mol. The maximum Gasteiger partial charge on any atom is 0.336 e. The molecule has 0 aromatic heterocycles. The van der Waals surface area contributed by atoms with Gasteiger partial charge in [-0.1, -0.05) is 36.9 Å². The third-order valence-electron chi connectivity index (χ3n) is 7.84. The highest BCUT2D eigenvalue weighted by Gasteiger charge is 2.23. The average Bonchev–Trinajstić information content (AvgIpc) is 3.08. The second-order valence-corrected chi connectivity index (χ2v) is 11.5. The molecule has 2 aliphatic rings. The fraction of sp³-hybridized carbons (Fsp3) is 0.167. The van der Waals surface area contributed by atoms with Gasteiger partial charge in [-0.3, -0.25) is 14.8 Å². The van der Waals surface area contributed by atoms with E-state index in [0.29, 0.717) is 70.4 Å². The van der Waals surface area contributed by atoms with Crippen molar-refractivity contribution in [2.75, 3.05) is 18.4 Å². The van der Waals surface area contributed by atoms with Crippen LogP contribution in [0.25, 0.3) is 33.4 Å². The van der Waals surface area contributed by atoms with Crippen LogP contribution in [0.1, 0.15) is 34.3 Å². The zero-order chi connectivity index (χ0) is 34.4. The molecule has 48 heavy (non-hydrogen) atoms. The van der Waals surface area contributed by atoms with Crippen molar-refractivity contribution in [2.45, 2.75) is 25.9 Å². The maximum atomic E-state index is 12.7. The smallest absolute Gasteiger partial charge is 0.336 e. The number of hydroxylamine groups is 2. The zero-order valence-electron chi connectivity index (χ0n) is 25.9. The van der Waals surface area contributed by atoms with E-state index in [-0.39, 0.29) is 34.6 Å². The van der Waals surface area contributed by atoms with E-state index in [0.717, 1.165) is 17.2 Å². The number of phenols is 1. The number of fused-ring (bicyclic) bond motifs is 2. The highest BCUT2D eigenvalue weighted by molar-refractivity contribution is 7.80. The Kier molecular flexibility index (Phi) is 10.5. The normalized spacial score (nSPS) is 11.0. The number of amides is 1. The molecule has 3 aromatic carbocycles. The second-order valence-electron chi connectivity index (χ2n) is 11.1. The molecular formula is C36H34N4O7S. The van der Waals surface area contributed by atoms with Crippen molar-refractivity contribution in [3.8, 4) is 28.2 Å². The molecule has 246 valence electrons. The molecule has 0 spiro atoms. The van der Waals surface area contributed by atoms with E-state index < -0.39 is 11.9 Å². The van der Waals surface area contributed by atoms with Gasteiger partial charge in [0.15, 0.2) is 10.5 Å². The van der Waals surface area contributed by atoms with Gasteiger partial charge in [0.2, 0.25) is 0 Å². The molecule has 0 saturated heterocycles. The van der Waals surface area contributed by atoms with Gasteiger partial charge in [-0.25, -0.2) is 9.86 Å². The molecule has 1 aliphatic heterocycles. The van der Waals surface area contributed by atoms with Crippen LogP contribution in [0, 0.1) is 0 Å². The number of phenolic OH excluding ortho intramolecular Hbond substituents is 1. The summed E-state index contributed by atoms with van der Waals surface area (Å²) >= 11 is 5.81.